The molecule has 0 bridgehead atoms. The van der Waals surface area contributed by atoms with Crippen LogP contribution in [-0.2, 0) is 9.53 Å². The van der Waals surface area contributed by atoms with Crippen LogP contribution in [0.3, 0.4) is 0 Å². The fraction of sp³-hybridized carbons (Fsp3) is 0.286. The quantitative estimate of drug-likeness (QED) is 0.328. The number of carbonyl (C=O) groups excluding carboxylic acids is 1. The van der Waals surface area contributed by atoms with E-state index >= 15 is 0 Å². The van der Waals surface area contributed by atoms with E-state index in [0.717, 1.165) is 16.8 Å². The molecule has 0 saturated carbocycles. The van der Waals surface area contributed by atoms with Gasteiger partial charge < -0.3 is 9.64 Å². The first-order valence-electron chi connectivity index (χ1n) is 12.2. The maximum Gasteiger partial charge on any atom is 0.240 e. The molecule has 4 aromatic rings. The van der Waals surface area contributed by atoms with E-state index in [1.165, 1.54) is 17.3 Å². The molecular formula is C28H29N5O2S. The van der Waals surface area contributed by atoms with Crippen molar-refractivity contribution in [3.63, 3.8) is 0 Å². The molecule has 7 nitrogen and oxygen atoms in total. The highest BCUT2D eigenvalue weighted by atomic mass is 32.2. The van der Waals surface area contributed by atoms with Crippen molar-refractivity contribution < 1.29 is 9.53 Å². The molecule has 0 N–H and O–H groups in total. The van der Waals surface area contributed by atoms with Gasteiger partial charge in [-0.25, -0.2) is 0 Å². The smallest absolute Gasteiger partial charge is 0.240 e. The van der Waals surface area contributed by atoms with Crippen molar-refractivity contribution in [1.29, 1.82) is 0 Å². The zero-order valence-corrected chi connectivity index (χ0v) is 21.3. The van der Waals surface area contributed by atoms with Crippen LogP contribution >= 0.6 is 11.8 Å². The van der Waals surface area contributed by atoms with Gasteiger partial charge in [-0.2, -0.15) is 0 Å². The molecular weight excluding hydrogens is 470 g/mol. The molecule has 0 unspecified atom stereocenters. The Morgan fingerprint density at radius 2 is 1.69 bits per heavy atom. The Morgan fingerprint density at radius 1 is 0.944 bits per heavy atom. The topological polar surface area (TPSA) is 73.1 Å². The second-order valence-corrected chi connectivity index (χ2v) is 10.0. The Balaban J connectivity index is 1.62. The number of rotatable bonds is 7. The summed E-state index contributed by atoms with van der Waals surface area (Å²) >= 11 is 1.44. The summed E-state index contributed by atoms with van der Waals surface area (Å²) in [5.41, 5.74) is 3.99. The molecule has 1 saturated heterocycles. The van der Waals surface area contributed by atoms with E-state index in [1.54, 1.807) is 12.4 Å². The molecule has 2 aromatic heterocycles. The highest BCUT2D eigenvalue weighted by Gasteiger charge is 2.31. The summed E-state index contributed by atoms with van der Waals surface area (Å²) in [5.74, 6) is 1.05. The summed E-state index contributed by atoms with van der Waals surface area (Å²) in [7, 11) is 0. The summed E-state index contributed by atoms with van der Waals surface area (Å²) in [6.45, 7) is 6.64. The van der Waals surface area contributed by atoms with Crippen molar-refractivity contribution in [2.75, 3.05) is 26.3 Å². The largest absolute Gasteiger partial charge is 0.378 e. The molecule has 2 aromatic carbocycles. The third kappa shape index (κ3) is 5.05. The van der Waals surface area contributed by atoms with Gasteiger partial charge >= 0.3 is 0 Å². The number of hydrogen-bond donors (Lipinski definition) is 0. The SMILES string of the molecule is CC(C)c1ccccc1-n1c(S[C@H](C(=O)N2CCOCC2)c2ccccc2)nnc1-c1cccnc1. The van der Waals surface area contributed by atoms with E-state index in [9.17, 15) is 4.79 Å². The van der Waals surface area contributed by atoms with Gasteiger partial charge in [-0.3, -0.25) is 14.3 Å². The average molecular weight is 500 g/mol. The van der Waals surface area contributed by atoms with E-state index in [2.05, 4.69) is 51.8 Å². The number of thioether (sulfide) groups is 1. The van der Waals surface area contributed by atoms with Crippen molar-refractivity contribution in [2.45, 2.75) is 30.2 Å². The van der Waals surface area contributed by atoms with Crippen LogP contribution in [0.25, 0.3) is 17.1 Å². The molecule has 1 aliphatic heterocycles. The molecule has 36 heavy (non-hydrogen) atoms. The van der Waals surface area contributed by atoms with Crippen LogP contribution in [0.15, 0.2) is 84.3 Å². The summed E-state index contributed by atoms with van der Waals surface area (Å²) < 4.78 is 7.55. The van der Waals surface area contributed by atoms with Gasteiger partial charge in [0.1, 0.15) is 5.25 Å². The number of amides is 1. The predicted molar refractivity (Wildman–Crippen MR) is 141 cm³/mol. The predicted octanol–water partition coefficient (Wildman–Crippen LogP) is 5.14. The van der Waals surface area contributed by atoms with Crippen molar-refractivity contribution in [1.82, 2.24) is 24.6 Å². The first-order chi connectivity index (χ1) is 17.6. The third-order valence-electron chi connectivity index (χ3n) is 6.23. The zero-order chi connectivity index (χ0) is 24.9. The number of pyridine rings is 1. The number of para-hydroxylation sites is 1. The van der Waals surface area contributed by atoms with Gasteiger partial charge in [-0.15, -0.1) is 10.2 Å². The normalized spacial score (nSPS) is 14.7. The summed E-state index contributed by atoms with van der Waals surface area (Å²) in [5, 5.41) is 9.41. The number of benzene rings is 2. The maximum absolute atomic E-state index is 13.8. The standard InChI is InChI=1S/C28H29N5O2S/c1-20(2)23-12-6-7-13-24(23)33-26(22-11-8-14-29-19-22)30-31-28(33)36-25(21-9-4-3-5-10-21)27(34)32-15-17-35-18-16-32/h3-14,19-20,25H,15-18H2,1-2H3/t25-/m0/s1. The number of nitrogens with zero attached hydrogens (tertiary/aromatic N) is 5. The lowest BCUT2D eigenvalue weighted by molar-refractivity contribution is -0.134. The molecule has 1 aliphatic rings. The lowest BCUT2D eigenvalue weighted by Crippen LogP contribution is -2.42. The van der Waals surface area contributed by atoms with E-state index in [4.69, 9.17) is 4.74 Å². The monoisotopic (exact) mass is 499 g/mol. The number of hydrogen-bond acceptors (Lipinski definition) is 6. The minimum absolute atomic E-state index is 0.0594. The van der Waals surface area contributed by atoms with Crippen molar-refractivity contribution in [2.24, 2.45) is 0 Å². The van der Waals surface area contributed by atoms with Crippen LogP contribution in [0.2, 0.25) is 0 Å². The third-order valence-corrected chi connectivity index (χ3v) is 7.41. The van der Waals surface area contributed by atoms with Gasteiger partial charge in [0, 0.05) is 31.0 Å². The van der Waals surface area contributed by atoms with Crippen LogP contribution in [0.4, 0.5) is 0 Å². The van der Waals surface area contributed by atoms with Gasteiger partial charge in [0.15, 0.2) is 11.0 Å². The maximum atomic E-state index is 13.8. The summed E-state index contributed by atoms with van der Waals surface area (Å²) in [6.07, 6.45) is 3.54. The molecule has 3 heterocycles. The molecule has 0 radical (unpaired) electrons. The number of carbonyl (C=O) groups is 1. The Labute approximate surface area is 215 Å². The molecule has 0 aliphatic carbocycles. The van der Waals surface area contributed by atoms with Crippen LogP contribution in [-0.4, -0.2) is 56.9 Å². The Bertz CT molecular complexity index is 1300. The second-order valence-electron chi connectivity index (χ2n) is 8.94. The van der Waals surface area contributed by atoms with Gasteiger partial charge in [0.2, 0.25) is 5.91 Å². The molecule has 1 atom stereocenters. The summed E-state index contributed by atoms with van der Waals surface area (Å²) in [6, 6.07) is 22.1. The Kier molecular flexibility index (Phi) is 7.44. The van der Waals surface area contributed by atoms with E-state index in [1.807, 2.05) is 53.4 Å². The first-order valence-corrected chi connectivity index (χ1v) is 13.0. The number of morpholine rings is 1. The van der Waals surface area contributed by atoms with Crippen molar-refractivity contribution in [3.05, 3.63) is 90.3 Å². The minimum Gasteiger partial charge on any atom is -0.378 e. The first kappa shape index (κ1) is 24.2. The fourth-order valence-electron chi connectivity index (χ4n) is 4.37. The second kappa shape index (κ2) is 11.1. The van der Waals surface area contributed by atoms with Gasteiger partial charge in [0.05, 0.1) is 18.9 Å². The Morgan fingerprint density at radius 3 is 2.42 bits per heavy atom. The Hall–Kier alpha value is -3.49. The van der Waals surface area contributed by atoms with Crippen molar-refractivity contribution in [3.8, 4) is 17.1 Å². The van der Waals surface area contributed by atoms with Crippen LogP contribution in [0.5, 0.6) is 0 Å². The van der Waals surface area contributed by atoms with Gasteiger partial charge in [0.25, 0.3) is 0 Å². The van der Waals surface area contributed by atoms with Crippen molar-refractivity contribution >= 4 is 17.7 Å². The highest BCUT2D eigenvalue weighted by molar-refractivity contribution is 8.00. The van der Waals surface area contributed by atoms with E-state index in [0.29, 0.717) is 43.2 Å². The number of ether oxygens (including phenoxy) is 1. The van der Waals surface area contributed by atoms with Gasteiger partial charge in [-0.1, -0.05) is 74.1 Å². The van der Waals surface area contributed by atoms with Crippen LogP contribution in [0.1, 0.15) is 36.1 Å². The molecule has 8 heteroatoms. The van der Waals surface area contributed by atoms with Crippen LogP contribution in [0, 0.1) is 0 Å². The van der Waals surface area contributed by atoms with Crippen LogP contribution < -0.4 is 0 Å². The molecule has 1 fully saturated rings. The highest BCUT2D eigenvalue weighted by Crippen LogP contribution is 2.39. The van der Waals surface area contributed by atoms with E-state index in [-0.39, 0.29) is 5.91 Å². The summed E-state index contributed by atoms with van der Waals surface area (Å²) in [4.78, 5) is 20.0. The lowest BCUT2D eigenvalue weighted by atomic mass is 10.0. The molecule has 1 amide bonds. The van der Waals surface area contributed by atoms with Gasteiger partial charge in [-0.05, 0) is 35.2 Å². The zero-order valence-electron chi connectivity index (χ0n) is 20.4. The molecule has 5 rings (SSSR count). The van der Waals surface area contributed by atoms with E-state index < -0.39 is 5.25 Å². The molecule has 184 valence electrons. The number of aromatic nitrogens is 4. The average Bonchev–Trinajstić information content (AvgIpc) is 3.36. The lowest BCUT2D eigenvalue weighted by Gasteiger charge is -2.30. The molecule has 0 spiro atoms. The minimum atomic E-state index is -0.458. The fourth-order valence-corrected chi connectivity index (χ4v) is 5.50.